The van der Waals surface area contributed by atoms with Crippen LogP contribution >= 0.6 is 0 Å². The van der Waals surface area contributed by atoms with E-state index in [9.17, 15) is 4.79 Å². The molecule has 2 aromatic rings. The van der Waals surface area contributed by atoms with Gasteiger partial charge in [-0.15, -0.1) is 0 Å². The lowest BCUT2D eigenvalue weighted by Gasteiger charge is -2.12. The van der Waals surface area contributed by atoms with Crippen LogP contribution in [0.25, 0.3) is 0 Å². The van der Waals surface area contributed by atoms with E-state index in [0.717, 1.165) is 12.0 Å². The number of hydrazone groups is 1. The SMILES string of the molecule is CCCOc1ccc(/C=N/NC(=O)c2ccc(OCC)c(OCC)c2)cc1OC. The van der Waals surface area contributed by atoms with Crippen molar-refractivity contribution in [2.45, 2.75) is 27.2 Å². The molecule has 0 aromatic heterocycles. The summed E-state index contributed by atoms with van der Waals surface area (Å²) in [4.78, 5) is 12.4. The Labute approximate surface area is 171 Å². The maximum atomic E-state index is 12.4. The number of amides is 1. The van der Waals surface area contributed by atoms with Gasteiger partial charge in [0.1, 0.15) is 0 Å². The first-order valence-electron chi connectivity index (χ1n) is 9.66. The zero-order valence-corrected chi connectivity index (χ0v) is 17.4. The molecule has 2 rings (SSSR count). The van der Waals surface area contributed by atoms with E-state index in [1.54, 1.807) is 37.6 Å². The third kappa shape index (κ3) is 6.41. The largest absolute Gasteiger partial charge is 0.493 e. The van der Waals surface area contributed by atoms with Crippen molar-refractivity contribution in [1.82, 2.24) is 5.43 Å². The number of nitrogens with zero attached hydrogens (tertiary/aromatic N) is 1. The van der Waals surface area contributed by atoms with Crippen LogP contribution < -0.4 is 24.4 Å². The highest BCUT2D eigenvalue weighted by Crippen LogP contribution is 2.29. The van der Waals surface area contributed by atoms with Gasteiger partial charge in [0.15, 0.2) is 23.0 Å². The fourth-order valence-corrected chi connectivity index (χ4v) is 2.52. The minimum atomic E-state index is -0.347. The summed E-state index contributed by atoms with van der Waals surface area (Å²) in [6.07, 6.45) is 2.46. The number of benzene rings is 2. The van der Waals surface area contributed by atoms with E-state index in [2.05, 4.69) is 10.5 Å². The number of rotatable bonds is 11. The number of hydrogen-bond donors (Lipinski definition) is 1. The third-order valence-electron chi connectivity index (χ3n) is 3.83. The maximum Gasteiger partial charge on any atom is 0.271 e. The molecule has 0 aliphatic heterocycles. The van der Waals surface area contributed by atoms with Crippen LogP contribution in [0.4, 0.5) is 0 Å². The van der Waals surface area contributed by atoms with E-state index in [-0.39, 0.29) is 5.91 Å². The van der Waals surface area contributed by atoms with Gasteiger partial charge in [-0.1, -0.05) is 6.92 Å². The summed E-state index contributed by atoms with van der Waals surface area (Å²) in [6.45, 7) is 7.41. The molecule has 0 heterocycles. The molecule has 0 bridgehead atoms. The van der Waals surface area contributed by atoms with Crippen LogP contribution in [0.5, 0.6) is 23.0 Å². The lowest BCUT2D eigenvalue weighted by Crippen LogP contribution is -2.17. The van der Waals surface area contributed by atoms with Crippen molar-refractivity contribution in [3.05, 3.63) is 47.5 Å². The van der Waals surface area contributed by atoms with Crippen LogP contribution in [0.2, 0.25) is 0 Å². The highest BCUT2D eigenvalue weighted by molar-refractivity contribution is 5.95. The quantitative estimate of drug-likeness (QED) is 0.455. The van der Waals surface area contributed by atoms with Crippen LogP contribution in [0.1, 0.15) is 43.1 Å². The molecule has 0 aliphatic carbocycles. The summed E-state index contributed by atoms with van der Waals surface area (Å²) in [5.74, 6) is 2.07. The van der Waals surface area contributed by atoms with E-state index in [1.165, 1.54) is 0 Å². The van der Waals surface area contributed by atoms with Crippen molar-refractivity contribution in [2.75, 3.05) is 26.9 Å². The van der Waals surface area contributed by atoms with Gasteiger partial charge in [0, 0.05) is 5.56 Å². The molecule has 1 amide bonds. The Morgan fingerprint density at radius 2 is 1.62 bits per heavy atom. The van der Waals surface area contributed by atoms with Crippen LogP contribution in [0.15, 0.2) is 41.5 Å². The fourth-order valence-electron chi connectivity index (χ4n) is 2.52. The highest BCUT2D eigenvalue weighted by atomic mass is 16.5. The molecule has 7 heteroatoms. The fraction of sp³-hybridized carbons (Fsp3) is 0.364. The molecule has 0 fully saturated rings. The Hall–Kier alpha value is -3.22. The third-order valence-corrected chi connectivity index (χ3v) is 3.83. The molecule has 2 aromatic carbocycles. The summed E-state index contributed by atoms with van der Waals surface area (Å²) in [7, 11) is 1.58. The second kappa shape index (κ2) is 11.6. The zero-order valence-electron chi connectivity index (χ0n) is 17.4. The van der Waals surface area contributed by atoms with Gasteiger partial charge in [-0.05, 0) is 62.2 Å². The second-order valence-corrected chi connectivity index (χ2v) is 5.99. The average Bonchev–Trinajstić information content (AvgIpc) is 2.74. The summed E-state index contributed by atoms with van der Waals surface area (Å²) in [6, 6.07) is 10.5. The first-order valence-corrected chi connectivity index (χ1v) is 9.66. The number of nitrogens with one attached hydrogen (secondary N) is 1. The Morgan fingerprint density at radius 3 is 2.31 bits per heavy atom. The maximum absolute atomic E-state index is 12.4. The molecular formula is C22H28N2O5. The monoisotopic (exact) mass is 400 g/mol. The van der Waals surface area contributed by atoms with Crippen molar-refractivity contribution in [3.8, 4) is 23.0 Å². The smallest absolute Gasteiger partial charge is 0.271 e. The molecular weight excluding hydrogens is 372 g/mol. The van der Waals surface area contributed by atoms with E-state index in [1.807, 2.05) is 32.9 Å². The number of hydrogen-bond acceptors (Lipinski definition) is 6. The lowest BCUT2D eigenvalue weighted by molar-refractivity contribution is 0.0954. The predicted molar refractivity (Wildman–Crippen MR) is 113 cm³/mol. The van der Waals surface area contributed by atoms with Crippen molar-refractivity contribution >= 4 is 12.1 Å². The highest BCUT2D eigenvalue weighted by Gasteiger charge is 2.11. The minimum absolute atomic E-state index is 0.347. The molecule has 0 saturated carbocycles. The number of carbonyl (C=O) groups excluding carboxylic acids is 1. The molecule has 0 aliphatic rings. The van der Waals surface area contributed by atoms with Gasteiger partial charge < -0.3 is 18.9 Å². The molecule has 7 nitrogen and oxygen atoms in total. The first kappa shape index (κ1) is 22.1. The minimum Gasteiger partial charge on any atom is -0.493 e. The van der Waals surface area contributed by atoms with Crippen LogP contribution in [0.3, 0.4) is 0 Å². The van der Waals surface area contributed by atoms with Crippen molar-refractivity contribution in [3.63, 3.8) is 0 Å². The molecule has 1 N–H and O–H groups in total. The van der Waals surface area contributed by atoms with E-state index >= 15 is 0 Å². The molecule has 0 unspecified atom stereocenters. The molecule has 156 valence electrons. The summed E-state index contributed by atoms with van der Waals surface area (Å²) in [5.41, 5.74) is 3.71. The molecule has 0 radical (unpaired) electrons. The lowest BCUT2D eigenvalue weighted by atomic mass is 10.2. The summed E-state index contributed by atoms with van der Waals surface area (Å²) in [5, 5.41) is 4.03. The van der Waals surface area contributed by atoms with Crippen LogP contribution in [-0.4, -0.2) is 39.1 Å². The topological polar surface area (TPSA) is 78.4 Å². The van der Waals surface area contributed by atoms with Crippen molar-refractivity contribution in [2.24, 2.45) is 5.10 Å². The Kier molecular flexibility index (Phi) is 8.82. The van der Waals surface area contributed by atoms with E-state index in [4.69, 9.17) is 18.9 Å². The van der Waals surface area contributed by atoms with Gasteiger partial charge in [0.25, 0.3) is 5.91 Å². The van der Waals surface area contributed by atoms with Crippen LogP contribution in [-0.2, 0) is 0 Å². The molecule has 29 heavy (non-hydrogen) atoms. The predicted octanol–water partition coefficient (Wildman–Crippen LogP) is 4.05. The van der Waals surface area contributed by atoms with Gasteiger partial charge in [-0.3, -0.25) is 4.79 Å². The normalized spacial score (nSPS) is 10.6. The van der Waals surface area contributed by atoms with Gasteiger partial charge >= 0.3 is 0 Å². The molecule has 0 spiro atoms. The Bertz CT molecular complexity index is 836. The summed E-state index contributed by atoms with van der Waals surface area (Å²) >= 11 is 0. The van der Waals surface area contributed by atoms with Crippen molar-refractivity contribution in [1.29, 1.82) is 0 Å². The van der Waals surface area contributed by atoms with E-state index in [0.29, 0.717) is 48.4 Å². The van der Waals surface area contributed by atoms with Gasteiger partial charge in [0.2, 0.25) is 0 Å². The Morgan fingerprint density at radius 1 is 0.931 bits per heavy atom. The van der Waals surface area contributed by atoms with Crippen LogP contribution in [0, 0.1) is 0 Å². The average molecular weight is 400 g/mol. The van der Waals surface area contributed by atoms with Gasteiger partial charge in [-0.25, -0.2) is 5.43 Å². The van der Waals surface area contributed by atoms with Gasteiger partial charge in [-0.2, -0.15) is 5.10 Å². The Balaban J connectivity index is 2.06. The number of ether oxygens (including phenoxy) is 4. The zero-order chi connectivity index (χ0) is 21.1. The van der Waals surface area contributed by atoms with E-state index < -0.39 is 0 Å². The van der Waals surface area contributed by atoms with Gasteiger partial charge in [0.05, 0.1) is 33.1 Å². The molecule has 0 saturated heterocycles. The number of methoxy groups -OCH3 is 1. The molecule has 0 atom stereocenters. The second-order valence-electron chi connectivity index (χ2n) is 5.99. The first-order chi connectivity index (χ1) is 14.1. The standard InChI is InChI=1S/C22H28N2O5/c1-5-12-29-18-10-8-16(13-20(18)26-4)15-23-24-22(25)17-9-11-19(27-6-2)21(14-17)28-7-3/h8-11,13-15H,5-7,12H2,1-4H3,(H,24,25)/b23-15+. The van der Waals surface area contributed by atoms with Crippen molar-refractivity contribution < 1.29 is 23.7 Å². The number of carbonyl (C=O) groups is 1. The summed E-state index contributed by atoms with van der Waals surface area (Å²) < 4.78 is 22.0.